The number of nitrogens with zero attached hydrogens (tertiary/aromatic N) is 1. The van der Waals surface area contributed by atoms with Gasteiger partial charge in [0, 0.05) is 35.7 Å². The molecule has 0 aliphatic carbocycles. The van der Waals surface area contributed by atoms with E-state index < -0.39 is 0 Å². The summed E-state index contributed by atoms with van der Waals surface area (Å²) in [5, 5.41) is 9.90. The first kappa shape index (κ1) is 12.4. The van der Waals surface area contributed by atoms with Crippen LogP contribution in [0.2, 0.25) is 5.02 Å². The Morgan fingerprint density at radius 1 is 1.53 bits per heavy atom. The Morgan fingerprint density at radius 3 is 2.82 bits per heavy atom. The molecule has 1 aliphatic heterocycles. The van der Waals surface area contributed by atoms with Gasteiger partial charge in [-0.15, -0.1) is 0 Å². The highest BCUT2D eigenvalue weighted by Crippen LogP contribution is 2.34. The van der Waals surface area contributed by atoms with E-state index in [1.54, 1.807) is 4.90 Å². The summed E-state index contributed by atoms with van der Waals surface area (Å²) in [5.41, 5.74) is 1.76. The molecule has 92 valence electrons. The molecule has 2 unspecified atom stereocenters. The second-order valence-corrected chi connectivity index (χ2v) is 4.94. The van der Waals surface area contributed by atoms with E-state index in [-0.39, 0.29) is 24.5 Å². The smallest absolute Gasteiger partial charge is 0.227 e. The minimum atomic E-state index is 0.0147. The highest BCUT2D eigenvalue weighted by Gasteiger charge is 2.37. The molecule has 3 nitrogen and oxygen atoms in total. The standard InChI is InChI=1S/C13H16ClNO2/c1-8-11(14)4-3-5-12(8)15-9(2)10(7-16)6-13(15)17/h3-5,9-10,16H,6-7H2,1-2H3. The predicted molar refractivity (Wildman–Crippen MR) is 68.3 cm³/mol. The van der Waals surface area contributed by atoms with Gasteiger partial charge in [-0.3, -0.25) is 4.79 Å². The van der Waals surface area contributed by atoms with Crippen LogP contribution in [0.15, 0.2) is 18.2 Å². The summed E-state index contributed by atoms with van der Waals surface area (Å²) >= 11 is 6.07. The summed E-state index contributed by atoms with van der Waals surface area (Å²) in [7, 11) is 0. The first-order valence-corrected chi connectivity index (χ1v) is 6.12. The summed E-state index contributed by atoms with van der Waals surface area (Å²) in [4.78, 5) is 13.7. The van der Waals surface area contributed by atoms with Crippen molar-refractivity contribution in [1.29, 1.82) is 0 Å². The third-order valence-corrected chi connectivity index (χ3v) is 3.94. The first-order chi connectivity index (χ1) is 8.06. The molecule has 0 radical (unpaired) electrons. The quantitative estimate of drug-likeness (QED) is 0.879. The fraction of sp³-hybridized carbons (Fsp3) is 0.462. The van der Waals surface area contributed by atoms with Gasteiger partial charge in [-0.25, -0.2) is 0 Å². The van der Waals surface area contributed by atoms with Crippen molar-refractivity contribution in [3.63, 3.8) is 0 Å². The number of hydrogen-bond acceptors (Lipinski definition) is 2. The highest BCUT2D eigenvalue weighted by atomic mass is 35.5. The van der Waals surface area contributed by atoms with E-state index in [4.69, 9.17) is 11.6 Å². The second-order valence-electron chi connectivity index (χ2n) is 4.54. The van der Waals surface area contributed by atoms with Crippen molar-refractivity contribution in [3.8, 4) is 0 Å². The lowest BCUT2D eigenvalue weighted by Gasteiger charge is -2.26. The molecule has 1 saturated heterocycles. The molecule has 1 amide bonds. The highest BCUT2D eigenvalue weighted by molar-refractivity contribution is 6.31. The van der Waals surface area contributed by atoms with E-state index in [1.165, 1.54) is 0 Å². The molecule has 0 spiro atoms. The Hall–Kier alpha value is -1.06. The zero-order valence-electron chi connectivity index (χ0n) is 9.98. The number of rotatable bonds is 2. The molecule has 1 fully saturated rings. The summed E-state index contributed by atoms with van der Waals surface area (Å²) < 4.78 is 0. The van der Waals surface area contributed by atoms with Gasteiger partial charge in [0.25, 0.3) is 0 Å². The Bertz CT molecular complexity index is 447. The fourth-order valence-corrected chi connectivity index (χ4v) is 2.53. The van der Waals surface area contributed by atoms with Gasteiger partial charge >= 0.3 is 0 Å². The zero-order valence-corrected chi connectivity index (χ0v) is 10.7. The van der Waals surface area contributed by atoms with E-state index in [1.807, 2.05) is 32.0 Å². The van der Waals surface area contributed by atoms with Crippen LogP contribution in [0.25, 0.3) is 0 Å². The lowest BCUT2D eigenvalue weighted by atomic mass is 10.0. The zero-order chi connectivity index (χ0) is 12.6. The predicted octanol–water partition coefficient (Wildman–Crippen LogP) is 2.38. The number of carbonyl (C=O) groups excluding carboxylic acids is 1. The van der Waals surface area contributed by atoms with Gasteiger partial charge < -0.3 is 10.0 Å². The summed E-state index contributed by atoms with van der Waals surface area (Å²) in [6, 6.07) is 5.58. The van der Waals surface area contributed by atoms with Crippen molar-refractivity contribution in [2.24, 2.45) is 5.92 Å². The van der Waals surface area contributed by atoms with Gasteiger partial charge in [0.1, 0.15) is 0 Å². The number of carbonyl (C=O) groups is 1. The van der Waals surface area contributed by atoms with Crippen molar-refractivity contribution < 1.29 is 9.90 Å². The van der Waals surface area contributed by atoms with Crippen molar-refractivity contribution >= 4 is 23.2 Å². The first-order valence-electron chi connectivity index (χ1n) is 5.74. The number of benzene rings is 1. The molecule has 0 saturated carbocycles. The molecular formula is C13H16ClNO2. The van der Waals surface area contributed by atoms with Crippen molar-refractivity contribution in [1.82, 2.24) is 0 Å². The van der Waals surface area contributed by atoms with Crippen LogP contribution < -0.4 is 4.90 Å². The van der Waals surface area contributed by atoms with Crippen molar-refractivity contribution in [2.45, 2.75) is 26.3 Å². The lowest BCUT2D eigenvalue weighted by molar-refractivity contribution is -0.117. The monoisotopic (exact) mass is 253 g/mol. The number of anilines is 1. The van der Waals surface area contributed by atoms with Crippen LogP contribution in [0.4, 0.5) is 5.69 Å². The number of halogens is 1. The van der Waals surface area contributed by atoms with Crippen LogP contribution in [0.3, 0.4) is 0 Å². The van der Waals surface area contributed by atoms with Gasteiger partial charge in [0.15, 0.2) is 0 Å². The van der Waals surface area contributed by atoms with Crippen LogP contribution in [0.5, 0.6) is 0 Å². The van der Waals surface area contributed by atoms with E-state index in [9.17, 15) is 9.90 Å². The Labute approximate surface area is 106 Å². The molecule has 1 aromatic rings. The minimum absolute atomic E-state index is 0.0147. The van der Waals surface area contributed by atoms with Crippen LogP contribution in [-0.4, -0.2) is 23.7 Å². The molecule has 0 bridgehead atoms. The van der Waals surface area contributed by atoms with E-state index in [2.05, 4.69) is 0 Å². The summed E-state index contributed by atoms with van der Waals surface area (Å²) in [6.45, 7) is 3.92. The number of hydrogen-bond donors (Lipinski definition) is 1. The normalized spacial score (nSPS) is 24.5. The van der Waals surface area contributed by atoms with Crippen LogP contribution >= 0.6 is 11.6 Å². The third-order valence-electron chi connectivity index (χ3n) is 3.53. The fourth-order valence-electron chi connectivity index (χ4n) is 2.36. The Balaban J connectivity index is 2.40. The van der Waals surface area contributed by atoms with Gasteiger partial charge in [-0.2, -0.15) is 0 Å². The van der Waals surface area contributed by atoms with Crippen molar-refractivity contribution in [2.75, 3.05) is 11.5 Å². The van der Waals surface area contributed by atoms with Crippen LogP contribution in [0, 0.1) is 12.8 Å². The number of aliphatic hydroxyl groups excluding tert-OH is 1. The SMILES string of the molecule is Cc1c(Cl)cccc1N1C(=O)CC(CO)C1C. The molecule has 1 N–H and O–H groups in total. The number of amides is 1. The maximum Gasteiger partial charge on any atom is 0.227 e. The topological polar surface area (TPSA) is 40.5 Å². The Morgan fingerprint density at radius 2 is 2.24 bits per heavy atom. The molecule has 2 atom stereocenters. The molecule has 17 heavy (non-hydrogen) atoms. The van der Waals surface area contributed by atoms with Gasteiger partial charge in [0.05, 0.1) is 0 Å². The maximum atomic E-state index is 12.0. The van der Waals surface area contributed by atoms with Gasteiger partial charge in [-0.05, 0) is 31.5 Å². The lowest BCUT2D eigenvalue weighted by Crippen LogP contribution is -2.34. The maximum absolute atomic E-state index is 12.0. The summed E-state index contributed by atoms with van der Waals surface area (Å²) in [5.74, 6) is 0.0720. The minimum Gasteiger partial charge on any atom is -0.396 e. The summed E-state index contributed by atoms with van der Waals surface area (Å²) in [6.07, 6.45) is 0.406. The molecular weight excluding hydrogens is 238 g/mol. The van der Waals surface area contributed by atoms with E-state index >= 15 is 0 Å². The van der Waals surface area contributed by atoms with Crippen LogP contribution in [0.1, 0.15) is 18.9 Å². The van der Waals surface area contributed by atoms with E-state index in [0.29, 0.717) is 11.4 Å². The Kier molecular flexibility index (Phi) is 3.40. The van der Waals surface area contributed by atoms with Gasteiger partial charge in [-0.1, -0.05) is 17.7 Å². The molecule has 1 heterocycles. The second kappa shape index (κ2) is 4.67. The molecule has 1 aromatic carbocycles. The van der Waals surface area contributed by atoms with Gasteiger partial charge in [0.2, 0.25) is 5.91 Å². The molecule has 0 aromatic heterocycles. The molecule has 1 aliphatic rings. The average Bonchev–Trinajstić information content (AvgIpc) is 2.58. The average molecular weight is 254 g/mol. The van der Waals surface area contributed by atoms with Crippen molar-refractivity contribution in [3.05, 3.63) is 28.8 Å². The number of aliphatic hydroxyl groups is 1. The molecule has 4 heteroatoms. The largest absolute Gasteiger partial charge is 0.396 e. The third kappa shape index (κ3) is 2.05. The molecule has 2 rings (SSSR count). The van der Waals surface area contributed by atoms with Crippen LogP contribution in [-0.2, 0) is 4.79 Å². The van der Waals surface area contributed by atoms with E-state index in [0.717, 1.165) is 11.3 Å².